The number of carbonyl (C=O) groups is 2. The fourth-order valence-electron chi connectivity index (χ4n) is 3.67. The van der Waals surface area contributed by atoms with Crippen molar-refractivity contribution >= 4 is 11.9 Å². The van der Waals surface area contributed by atoms with Crippen LogP contribution in [0, 0.1) is 5.92 Å². The van der Waals surface area contributed by atoms with Gasteiger partial charge < -0.3 is 14.7 Å². The molecule has 1 aromatic rings. The Morgan fingerprint density at radius 2 is 1.91 bits per heavy atom. The molecule has 0 radical (unpaired) electrons. The van der Waals surface area contributed by atoms with E-state index in [1.165, 1.54) is 30.3 Å². The number of carbonyl (C=O) groups excluding carboxylic acids is 2. The van der Waals surface area contributed by atoms with Crippen molar-refractivity contribution in [3.8, 4) is 0 Å². The molecule has 1 unspecified atom stereocenters. The van der Waals surface area contributed by atoms with E-state index >= 15 is 0 Å². The molecule has 0 bridgehead atoms. The summed E-state index contributed by atoms with van der Waals surface area (Å²) in [6.45, 7) is 4.96. The Balaban J connectivity index is 1.75. The second-order valence-electron chi connectivity index (χ2n) is 8.75. The fourth-order valence-corrected chi connectivity index (χ4v) is 3.67. The van der Waals surface area contributed by atoms with E-state index < -0.39 is 12.0 Å². The number of unbranched alkanes of at least 4 members (excludes halogenated alkanes) is 3. The number of likely N-dealkylation sites (tertiary alicyclic amines) is 1. The van der Waals surface area contributed by atoms with Gasteiger partial charge in [-0.15, -0.1) is 0 Å². The number of halogens is 2. The van der Waals surface area contributed by atoms with Crippen molar-refractivity contribution in [2.24, 2.45) is 5.92 Å². The molecule has 1 amide bonds. The molecule has 2 rings (SSSR count). The molecule has 1 aliphatic rings. The highest BCUT2D eigenvalue weighted by Gasteiger charge is 2.39. The van der Waals surface area contributed by atoms with Gasteiger partial charge in [0.05, 0.1) is 12.6 Å². The first kappa shape index (κ1) is 26.0. The van der Waals surface area contributed by atoms with Crippen LogP contribution < -0.4 is 0 Å². The Morgan fingerprint density at radius 3 is 2.59 bits per heavy atom. The van der Waals surface area contributed by atoms with Gasteiger partial charge in [0.1, 0.15) is 6.10 Å². The van der Waals surface area contributed by atoms with Crippen LogP contribution in [0.15, 0.2) is 42.5 Å². The molecule has 0 aliphatic carbocycles. The molecule has 178 valence electrons. The first-order chi connectivity index (χ1) is 15.2. The highest BCUT2D eigenvalue weighted by Crippen LogP contribution is 2.32. The van der Waals surface area contributed by atoms with Crippen LogP contribution in [0.1, 0.15) is 64.4 Å². The number of esters is 1. The van der Waals surface area contributed by atoms with E-state index in [2.05, 4.69) is 0 Å². The van der Waals surface area contributed by atoms with Gasteiger partial charge in [0.15, 0.2) is 0 Å². The predicted octanol–water partition coefficient (Wildman–Crippen LogP) is 4.84. The average Bonchev–Trinajstić information content (AvgIpc) is 3.12. The summed E-state index contributed by atoms with van der Waals surface area (Å²) in [5.74, 6) is -3.25. The Morgan fingerprint density at radius 1 is 1.22 bits per heavy atom. The molecule has 5 nitrogen and oxygen atoms in total. The topological polar surface area (TPSA) is 66.8 Å². The number of alkyl halides is 2. The van der Waals surface area contributed by atoms with E-state index in [1.807, 2.05) is 13.8 Å². The monoisotopic (exact) mass is 451 g/mol. The maximum atomic E-state index is 14.4. The second kappa shape index (κ2) is 12.7. The molecule has 1 heterocycles. The molecule has 7 heteroatoms. The molecule has 1 aromatic carbocycles. The minimum absolute atomic E-state index is 0.00113. The largest absolute Gasteiger partial charge is 0.465 e. The quantitative estimate of drug-likeness (QED) is 0.265. The average molecular weight is 452 g/mol. The lowest BCUT2D eigenvalue weighted by atomic mass is 10.0. The third kappa shape index (κ3) is 8.01. The SMILES string of the molecule is CC(C)COC(=O)CCCCCCN1C(=O)CCC1C=C[C@@H](O)C(F)(F)c1ccccc1. The standard InChI is InChI=1S/C25H35F2NO4/c1-19(2)18-32-24(31)12-8-3-4-9-17-28-21(14-16-23(28)30)13-15-22(29)25(26,27)20-10-6-5-7-11-20/h5-7,10-11,13,15,19,21-22,29H,3-4,8-9,12,14,16-18H2,1-2H3/t21?,22-/m1/s1. The van der Waals surface area contributed by atoms with E-state index in [1.54, 1.807) is 11.0 Å². The summed E-state index contributed by atoms with van der Waals surface area (Å²) in [5.41, 5.74) is -0.246. The van der Waals surface area contributed by atoms with Crippen LogP contribution in [-0.4, -0.2) is 47.2 Å². The zero-order chi connectivity index (χ0) is 23.6. The number of nitrogens with zero attached hydrogens (tertiary/aromatic N) is 1. The lowest BCUT2D eigenvalue weighted by Crippen LogP contribution is -2.34. The highest BCUT2D eigenvalue weighted by atomic mass is 19.3. The normalized spacial score (nSPS) is 18.0. The van der Waals surface area contributed by atoms with Crippen molar-refractivity contribution in [1.29, 1.82) is 0 Å². The van der Waals surface area contributed by atoms with E-state index in [-0.39, 0.29) is 23.5 Å². The third-order valence-electron chi connectivity index (χ3n) is 5.53. The smallest absolute Gasteiger partial charge is 0.305 e. The van der Waals surface area contributed by atoms with Gasteiger partial charge in [-0.2, -0.15) is 8.78 Å². The van der Waals surface area contributed by atoms with Crippen molar-refractivity contribution in [1.82, 2.24) is 4.90 Å². The fraction of sp³-hybridized carbons (Fsp3) is 0.600. The summed E-state index contributed by atoms with van der Waals surface area (Å²) in [6, 6.07) is 6.94. The molecular formula is C25H35F2NO4. The van der Waals surface area contributed by atoms with E-state index in [4.69, 9.17) is 4.74 Å². The molecule has 0 saturated carbocycles. The van der Waals surface area contributed by atoms with Gasteiger partial charge in [-0.05, 0) is 25.2 Å². The maximum absolute atomic E-state index is 14.4. The summed E-state index contributed by atoms with van der Waals surface area (Å²) in [5, 5.41) is 10.1. The first-order valence-electron chi connectivity index (χ1n) is 11.5. The number of amides is 1. The van der Waals surface area contributed by atoms with Crippen LogP contribution >= 0.6 is 0 Å². The summed E-state index contributed by atoms with van der Waals surface area (Å²) < 4.78 is 34.0. The van der Waals surface area contributed by atoms with Gasteiger partial charge >= 0.3 is 11.9 Å². The molecule has 1 saturated heterocycles. The van der Waals surface area contributed by atoms with Crippen molar-refractivity contribution < 1.29 is 28.2 Å². The summed E-state index contributed by atoms with van der Waals surface area (Å²) in [7, 11) is 0. The van der Waals surface area contributed by atoms with E-state index in [0.717, 1.165) is 31.8 Å². The summed E-state index contributed by atoms with van der Waals surface area (Å²) in [4.78, 5) is 25.5. The molecule has 0 spiro atoms. The summed E-state index contributed by atoms with van der Waals surface area (Å²) >= 11 is 0. The number of hydrogen-bond acceptors (Lipinski definition) is 4. The van der Waals surface area contributed by atoms with Crippen LogP contribution in [0.2, 0.25) is 0 Å². The molecule has 1 N–H and O–H groups in total. The minimum Gasteiger partial charge on any atom is -0.465 e. The number of aliphatic hydroxyl groups excluding tert-OH is 1. The van der Waals surface area contributed by atoms with Crippen LogP contribution in [0.3, 0.4) is 0 Å². The number of aliphatic hydroxyl groups is 1. The Bertz CT molecular complexity index is 752. The van der Waals surface area contributed by atoms with Gasteiger partial charge in [0.25, 0.3) is 0 Å². The second-order valence-corrected chi connectivity index (χ2v) is 8.75. The molecular weight excluding hydrogens is 416 g/mol. The molecule has 0 aromatic heterocycles. The summed E-state index contributed by atoms with van der Waals surface area (Å²) in [6.07, 6.45) is 5.25. The molecule has 1 aliphatic heterocycles. The maximum Gasteiger partial charge on any atom is 0.305 e. The lowest BCUT2D eigenvalue weighted by molar-refractivity contribution is -0.144. The molecule has 32 heavy (non-hydrogen) atoms. The van der Waals surface area contributed by atoms with Crippen molar-refractivity contribution in [2.75, 3.05) is 13.2 Å². The minimum atomic E-state index is -3.40. The van der Waals surface area contributed by atoms with Gasteiger partial charge in [0, 0.05) is 24.9 Å². The van der Waals surface area contributed by atoms with Crippen molar-refractivity contribution in [2.45, 2.75) is 76.9 Å². The van der Waals surface area contributed by atoms with Crippen LogP contribution in [0.5, 0.6) is 0 Å². The van der Waals surface area contributed by atoms with Crippen molar-refractivity contribution in [3.05, 3.63) is 48.0 Å². The van der Waals surface area contributed by atoms with E-state index in [9.17, 15) is 23.5 Å². The Hall–Kier alpha value is -2.28. The van der Waals surface area contributed by atoms with Crippen LogP contribution in [0.25, 0.3) is 0 Å². The first-order valence-corrected chi connectivity index (χ1v) is 11.5. The number of rotatable bonds is 13. The van der Waals surface area contributed by atoms with Gasteiger partial charge in [0.2, 0.25) is 5.91 Å². The zero-order valence-corrected chi connectivity index (χ0v) is 19.0. The van der Waals surface area contributed by atoms with Crippen LogP contribution in [-0.2, 0) is 20.2 Å². The number of ether oxygens (including phenoxy) is 1. The van der Waals surface area contributed by atoms with Crippen molar-refractivity contribution in [3.63, 3.8) is 0 Å². The molecule has 1 fully saturated rings. The third-order valence-corrected chi connectivity index (χ3v) is 5.53. The lowest BCUT2D eigenvalue weighted by Gasteiger charge is -2.24. The highest BCUT2D eigenvalue weighted by molar-refractivity contribution is 5.79. The number of hydrogen-bond donors (Lipinski definition) is 1. The van der Waals surface area contributed by atoms with E-state index in [0.29, 0.717) is 38.3 Å². The molecule has 2 atom stereocenters. The predicted molar refractivity (Wildman–Crippen MR) is 119 cm³/mol. The number of benzene rings is 1. The van der Waals surface area contributed by atoms with Gasteiger partial charge in [-0.25, -0.2) is 0 Å². The Labute approximate surface area is 189 Å². The van der Waals surface area contributed by atoms with Gasteiger partial charge in [-0.3, -0.25) is 9.59 Å². The zero-order valence-electron chi connectivity index (χ0n) is 19.0. The van der Waals surface area contributed by atoms with Gasteiger partial charge in [-0.1, -0.05) is 69.2 Å². The Kier molecular flexibility index (Phi) is 10.3. The van der Waals surface area contributed by atoms with Crippen LogP contribution in [0.4, 0.5) is 8.78 Å².